The van der Waals surface area contributed by atoms with Crippen LogP contribution < -0.4 is 0 Å². The number of nitro benzene ring substituents is 1. The van der Waals surface area contributed by atoms with E-state index in [1.54, 1.807) is 36.4 Å². The Hall–Kier alpha value is -4.18. The van der Waals surface area contributed by atoms with E-state index in [1.165, 1.54) is 37.5 Å². The van der Waals surface area contributed by atoms with Gasteiger partial charge in [0.2, 0.25) is 0 Å². The zero-order valence-electron chi connectivity index (χ0n) is 14.8. The van der Waals surface area contributed by atoms with Crippen LogP contribution in [0.4, 0.5) is 5.69 Å². The summed E-state index contributed by atoms with van der Waals surface area (Å²) in [7, 11) is 1.30. The number of benzene rings is 2. The van der Waals surface area contributed by atoms with E-state index in [0.29, 0.717) is 28.2 Å². The molecule has 1 aromatic heterocycles. The highest BCUT2D eigenvalue weighted by Crippen LogP contribution is 2.28. The van der Waals surface area contributed by atoms with Crippen molar-refractivity contribution in [3.63, 3.8) is 0 Å². The molecule has 1 heterocycles. The number of hydrogen-bond acceptors (Lipinski definition) is 6. The molecule has 28 heavy (non-hydrogen) atoms. The minimum Gasteiger partial charge on any atom is -0.465 e. The molecule has 0 radical (unpaired) electrons. The number of ether oxygens (including phenoxy) is 1. The third kappa shape index (κ3) is 3.81. The maximum atomic E-state index is 11.9. The molecule has 0 aliphatic carbocycles. The smallest absolute Gasteiger partial charge is 0.338 e. The largest absolute Gasteiger partial charge is 0.465 e. The molecule has 0 atom stereocenters. The van der Waals surface area contributed by atoms with Gasteiger partial charge >= 0.3 is 5.97 Å². The van der Waals surface area contributed by atoms with Gasteiger partial charge in [-0.3, -0.25) is 10.1 Å². The van der Waals surface area contributed by atoms with Crippen LogP contribution in [0.25, 0.3) is 23.0 Å². The first-order valence-electron chi connectivity index (χ1n) is 8.17. The number of carbonyl (C=O) groups excluding carboxylic acids is 1. The molecule has 0 saturated heterocycles. The van der Waals surface area contributed by atoms with Crippen LogP contribution in [0.2, 0.25) is 0 Å². The number of nitrogens with zero attached hydrogens (tertiary/aromatic N) is 2. The fourth-order valence-corrected chi connectivity index (χ4v) is 2.65. The van der Waals surface area contributed by atoms with Crippen LogP contribution in [0.15, 0.2) is 65.1 Å². The van der Waals surface area contributed by atoms with Gasteiger partial charge in [-0.25, -0.2) is 4.79 Å². The molecule has 0 amide bonds. The summed E-state index contributed by atoms with van der Waals surface area (Å²) >= 11 is 0. The number of furan rings is 1. The first-order valence-corrected chi connectivity index (χ1v) is 8.17. The number of non-ortho nitro benzene ring substituents is 1. The Morgan fingerprint density at radius 2 is 1.86 bits per heavy atom. The SMILES string of the molecule is COC(=O)c1ccccc1-c1ccc(C=C(C#N)c2ccc([N+](=O)[O-])cc2)o1. The van der Waals surface area contributed by atoms with E-state index < -0.39 is 10.9 Å². The Labute approximate surface area is 160 Å². The van der Waals surface area contributed by atoms with Crippen molar-refractivity contribution in [1.82, 2.24) is 0 Å². The van der Waals surface area contributed by atoms with Gasteiger partial charge in [-0.1, -0.05) is 18.2 Å². The highest BCUT2D eigenvalue weighted by Gasteiger charge is 2.15. The first kappa shape index (κ1) is 18.6. The van der Waals surface area contributed by atoms with Gasteiger partial charge in [-0.2, -0.15) is 5.26 Å². The first-order chi connectivity index (χ1) is 13.5. The van der Waals surface area contributed by atoms with Gasteiger partial charge in [0.1, 0.15) is 11.5 Å². The molecule has 0 unspecified atom stereocenters. The van der Waals surface area contributed by atoms with Crippen molar-refractivity contribution >= 4 is 23.3 Å². The maximum absolute atomic E-state index is 11.9. The lowest BCUT2D eigenvalue weighted by atomic mass is 10.1. The van der Waals surface area contributed by atoms with Crippen LogP contribution in [-0.2, 0) is 4.74 Å². The minimum atomic E-state index is -0.503. The van der Waals surface area contributed by atoms with Crippen molar-refractivity contribution in [3.8, 4) is 17.4 Å². The van der Waals surface area contributed by atoms with E-state index >= 15 is 0 Å². The van der Waals surface area contributed by atoms with Crippen molar-refractivity contribution < 1.29 is 18.9 Å². The van der Waals surface area contributed by atoms with E-state index in [-0.39, 0.29) is 11.3 Å². The van der Waals surface area contributed by atoms with Gasteiger partial charge in [0.05, 0.1) is 29.2 Å². The summed E-state index contributed by atoms with van der Waals surface area (Å²) in [6.45, 7) is 0. The Morgan fingerprint density at radius 1 is 1.14 bits per heavy atom. The molecule has 0 aliphatic heterocycles. The number of nitriles is 1. The Kier molecular flexibility index (Phi) is 5.33. The van der Waals surface area contributed by atoms with Crippen LogP contribution in [0.5, 0.6) is 0 Å². The van der Waals surface area contributed by atoms with Crippen LogP contribution in [-0.4, -0.2) is 18.0 Å². The Bertz CT molecular complexity index is 1100. The van der Waals surface area contributed by atoms with E-state index in [1.807, 2.05) is 0 Å². The summed E-state index contributed by atoms with van der Waals surface area (Å²) in [5, 5.41) is 20.2. The highest BCUT2D eigenvalue weighted by atomic mass is 16.6. The number of rotatable bonds is 5. The predicted molar refractivity (Wildman–Crippen MR) is 102 cm³/mol. The molecule has 0 saturated carbocycles. The van der Waals surface area contributed by atoms with Crippen LogP contribution in [0.1, 0.15) is 21.7 Å². The van der Waals surface area contributed by atoms with Crippen molar-refractivity contribution in [3.05, 3.63) is 87.7 Å². The summed E-state index contributed by atoms with van der Waals surface area (Å²) in [6, 6.07) is 18.0. The van der Waals surface area contributed by atoms with Crippen LogP contribution in [0, 0.1) is 21.4 Å². The van der Waals surface area contributed by atoms with Crippen molar-refractivity contribution in [1.29, 1.82) is 5.26 Å². The predicted octanol–water partition coefficient (Wildman–Crippen LogP) is 4.71. The number of esters is 1. The molecule has 0 bridgehead atoms. The van der Waals surface area contributed by atoms with Gasteiger partial charge < -0.3 is 9.15 Å². The lowest BCUT2D eigenvalue weighted by Crippen LogP contribution is -2.02. The minimum absolute atomic E-state index is 0.0549. The van der Waals surface area contributed by atoms with Gasteiger partial charge in [0.15, 0.2) is 0 Å². The Balaban J connectivity index is 1.94. The molecule has 0 aliphatic rings. The van der Waals surface area contributed by atoms with Gasteiger partial charge in [0.25, 0.3) is 5.69 Å². The fourth-order valence-electron chi connectivity index (χ4n) is 2.65. The molecule has 0 spiro atoms. The zero-order chi connectivity index (χ0) is 20.1. The van der Waals surface area contributed by atoms with Gasteiger partial charge in [0, 0.05) is 17.7 Å². The molecule has 2 aromatic carbocycles. The summed E-state index contributed by atoms with van der Waals surface area (Å²) in [6.07, 6.45) is 1.53. The number of nitro groups is 1. The maximum Gasteiger partial charge on any atom is 0.338 e. The van der Waals surface area contributed by atoms with E-state index in [0.717, 1.165) is 0 Å². The fraction of sp³-hybridized carbons (Fsp3) is 0.0476. The third-order valence-electron chi connectivity index (χ3n) is 4.02. The second-order valence-electron chi connectivity index (χ2n) is 5.71. The van der Waals surface area contributed by atoms with Gasteiger partial charge in [-0.15, -0.1) is 0 Å². The number of allylic oxidation sites excluding steroid dienone is 1. The van der Waals surface area contributed by atoms with Crippen molar-refractivity contribution in [2.45, 2.75) is 0 Å². The summed E-state index contributed by atoms with van der Waals surface area (Å²) in [5.74, 6) is 0.380. The second-order valence-corrected chi connectivity index (χ2v) is 5.71. The Morgan fingerprint density at radius 3 is 2.50 bits per heavy atom. The lowest BCUT2D eigenvalue weighted by Gasteiger charge is -2.04. The van der Waals surface area contributed by atoms with Crippen LogP contribution in [0.3, 0.4) is 0 Å². The van der Waals surface area contributed by atoms with E-state index in [2.05, 4.69) is 6.07 Å². The topological polar surface area (TPSA) is 106 Å². The molecule has 0 fully saturated rings. The van der Waals surface area contributed by atoms with Gasteiger partial charge in [-0.05, 0) is 42.0 Å². The zero-order valence-corrected chi connectivity index (χ0v) is 14.8. The lowest BCUT2D eigenvalue weighted by molar-refractivity contribution is -0.384. The quantitative estimate of drug-likeness (QED) is 0.277. The monoisotopic (exact) mass is 374 g/mol. The molecular formula is C21H14N2O5. The normalized spacial score (nSPS) is 10.9. The molecule has 3 aromatic rings. The molecule has 7 heteroatoms. The third-order valence-corrected chi connectivity index (χ3v) is 4.02. The number of hydrogen-bond donors (Lipinski definition) is 0. The van der Waals surface area contributed by atoms with E-state index in [4.69, 9.17) is 9.15 Å². The van der Waals surface area contributed by atoms with Crippen molar-refractivity contribution in [2.75, 3.05) is 7.11 Å². The van der Waals surface area contributed by atoms with Crippen molar-refractivity contribution in [2.24, 2.45) is 0 Å². The molecule has 0 N–H and O–H groups in total. The average molecular weight is 374 g/mol. The summed E-state index contributed by atoms with van der Waals surface area (Å²) < 4.78 is 10.6. The number of methoxy groups -OCH3 is 1. The summed E-state index contributed by atoms with van der Waals surface area (Å²) in [4.78, 5) is 22.2. The summed E-state index contributed by atoms with van der Waals surface area (Å²) in [5.41, 5.74) is 1.70. The molecule has 3 rings (SSSR count). The second kappa shape index (κ2) is 8.01. The average Bonchev–Trinajstić information content (AvgIpc) is 3.20. The highest BCUT2D eigenvalue weighted by molar-refractivity contribution is 5.96. The van der Waals surface area contributed by atoms with Crippen LogP contribution >= 0.6 is 0 Å². The molecule has 138 valence electrons. The van der Waals surface area contributed by atoms with E-state index in [9.17, 15) is 20.2 Å². The molecule has 7 nitrogen and oxygen atoms in total. The number of carbonyl (C=O) groups is 1. The molecular weight excluding hydrogens is 360 g/mol. The standard InChI is InChI=1S/C21H14N2O5/c1-27-21(24)19-5-3-2-4-18(19)20-11-10-17(28-20)12-15(13-22)14-6-8-16(9-7-14)23(25)26/h2-12H,1H3.